The number of hydrogen-bond acceptors (Lipinski definition) is 3. The Bertz CT molecular complexity index is 731. The molecule has 2 aromatic rings. The fourth-order valence-corrected chi connectivity index (χ4v) is 2.69. The van der Waals surface area contributed by atoms with Crippen LogP contribution in [0.2, 0.25) is 0 Å². The highest BCUT2D eigenvalue weighted by Gasteiger charge is 2.10. The number of aryl methyl sites for hydroxylation is 2. The monoisotopic (exact) mass is 344 g/mol. The first-order valence-corrected chi connectivity index (χ1v) is 8.22. The molecule has 0 bridgehead atoms. The van der Waals surface area contributed by atoms with Gasteiger partial charge in [0.15, 0.2) is 16.6 Å². The molecule has 0 spiro atoms. The number of nitrogens with one attached hydrogen (secondary N) is 2. The highest BCUT2D eigenvalue weighted by molar-refractivity contribution is 7.80. The Morgan fingerprint density at radius 1 is 0.958 bits per heavy atom. The van der Waals surface area contributed by atoms with Crippen LogP contribution >= 0.6 is 12.2 Å². The average Bonchev–Trinajstić information content (AvgIpc) is 2.56. The Labute approximate surface area is 149 Å². The summed E-state index contributed by atoms with van der Waals surface area (Å²) in [5, 5.41) is 7.05. The largest absolute Gasteiger partial charge is 0.493 e. The predicted octanol–water partition coefficient (Wildman–Crippen LogP) is 4.37. The lowest BCUT2D eigenvalue weighted by atomic mass is 10.0. The van der Waals surface area contributed by atoms with Crippen molar-refractivity contribution in [2.45, 2.75) is 26.8 Å². The number of thiocarbonyl (C=S) groups is 1. The summed E-state index contributed by atoms with van der Waals surface area (Å²) in [6, 6.07) is 12.2. The summed E-state index contributed by atoms with van der Waals surface area (Å²) in [6.07, 6.45) is 0. The summed E-state index contributed by atoms with van der Waals surface area (Å²) in [5.41, 5.74) is 4.61. The second-order valence-corrected chi connectivity index (χ2v) is 6.14. The van der Waals surface area contributed by atoms with Crippen molar-refractivity contribution in [2.75, 3.05) is 19.5 Å². The third kappa shape index (κ3) is 4.38. The molecular weight excluding hydrogens is 320 g/mol. The van der Waals surface area contributed by atoms with Gasteiger partial charge in [-0.05, 0) is 61.8 Å². The molecule has 0 saturated heterocycles. The zero-order valence-corrected chi connectivity index (χ0v) is 15.6. The Kier molecular flexibility index (Phi) is 6.04. The Hall–Kier alpha value is -2.27. The van der Waals surface area contributed by atoms with Gasteiger partial charge in [0.1, 0.15) is 0 Å². The zero-order valence-electron chi connectivity index (χ0n) is 14.8. The van der Waals surface area contributed by atoms with Gasteiger partial charge in [0, 0.05) is 11.8 Å². The van der Waals surface area contributed by atoms with E-state index < -0.39 is 0 Å². The molecule has 0 aromatic heterocycles. The predicted molar refractivity (Wildman–Crippen MR) is 103 cm³/mol. The van der Waals surface area contributed by atoms with Crippen LogP contribution in [0, 0.1) is 13.8 Å². The first kappa shape index (κ1) is 18.1. The van der Waals surface area contributed by atoms with Gasteiger partial charge in [-0.2, -0.15) is 0 Å². The van der Waals surface area contributed by atoms with E-state index in [-0.39, 0.29) is 6.04 Å². The van der Waals surface area contributed by atoms with Crippen molar-refractivity contribution >= 4 is 23.0 Å². The van der Waals surface area contributed by atoms with Crippen molar-refractivity contribution in [2.24, 2.45) is 0 Å². The minimum Gasteiger partial charge on any atom is -0.493 e. The molecule has 4 nitrogen and oxygen atoms in total. The maximum Gasteiger partial charge on any atom is 0.171 e. The zero-order chi connectivity index (χ0) is 17.7. The lowest BCUT2D eigenvalue weighted by Crippen LogP contribution is -2.30. The minimum absolute atomic E-state index is 0.115. The Morgan fingerprint density at radius 2 is 1.67 bits per heavy atom. The van der Waals surface area contributed by atoms with E-state index >= 15 is 0 Å². The molecule has 128 valence electrons. The third-order valence-corrected chi connectivity index (χ3v) is 4.24. The summed E-state index contributed by atoms with van der Waals surface area (Å²) in [4.78, 5) is 0. The van der Waals surface area contributed by atoms with Crippen LogP contribution in [0.5, 0.6) is 11.5 Å². The molecule has 0 aliphatic carbocycles. The van der Waals surface area contributed by atoms with E-state index in [1.807, 2.05) is 18.2 Å². The fraction of sp³-hybridized carbons (Fsp3) is 0.316. The second kappa shape index (κ2) is 8.02. The van der Waals surface area contributed by atoms with Crippen molar-refractivity contribution in [3.63, 3.8) is 0 Å². The molecule has 0 fully saturated rings. The number of benzene rings is 2. The molecule has 5 heteroatoms. The maximum atomic E-state index is 5.42. The summed E-state index contributed by atoms with van der Waals surface area (Å²) >= 11 is 5.42. The Balaban J connectivity index is 2.03. The van der Waals surface area contributed by atoms with E-state index in [1.165, 1.54) is 16.7 Å². The summed E-state index contributed by atoms with van der Waals surface area (Å²) in [7, 11) is 3.22. The van der Waals surface area contributed by atoms with Crippen molar-refractivity contribution in [3.05, 3.63) is 53.1 Å². The van der Waals surface area contributed by atoms with Crippen LogP contribution in [0.3, 0.4) is 0 Å². The summed E-state index contributed by atoms with van der Waals surface area (Å²) in [5.74, 6) is 1.35. The smallest absolute Gasteiger partial charge is 0.171 e. The molecule has 2 aromatic carbocycles. The topological polar surface area (TPSA) is 42.5 Å². The van der Waals surface area contributed by atoms with Crippen LogP contribution < -0.4 is 20.1 Å². The average molecular weight is 344 g/mol. The molecule has 1 atom stereocenters. The van der Waals surface area contributed by atoms with Crippen molar-refractivity contribution < 1.29 is 9.47 Å². The first-order valence-electron chi connectivity index (χ1n) is 7.81. The molecule has 0 saturated carbocycles. The number of methoxy groups -OCH3 is 2. The number of anilines is 1. The van der Waals surface area contributed by atoms with Gasteiger partial charge in [-0.3, -0.25) is 0 Å². The molecule has 0 amide bonds. The van der Waals surface area contributed by atoms with Gasteiger partial charge in [-0.1, -0.05) is 18.2 Å². The van der Waals surface area contributed by atoms with E-state index in [0.717, 1.165) is 5.69 Å². The van der Waals surface area contributed by atoms with Gasteiger partial charge < -0.3 is 20.1 Å². The summed E-state index contributed by atoms with van der Waals surface area (Å²) < 4.78 is 10.5. The number of ether oxygens (including phenoxy) is 2. The van der Waals surface area contributed by atoms with Gasteiger partial charge in [0.05, 0.1) is 20.3 Å². The van der Waals surface area contributed by atoms with Crippen LogP contribution in [0.25, 0.3) is 0 Å². The lowest BCUT2D eigenvalue weighted by molar-refractivity contribution is 0.355. The maximum absolute atomic E-state index is 5.42. The van der Waals surface area contributed by atoms with Crippen LogP contribution in [-0.2, 0) is 0 Å². The Morgan fingerprint density at radius 3 is 2.29 bits per heavy atom. The standard InChI is InChI=1S/C19H24N2O2S/c1-12-6-7-15(10-13(12)2)14(3)20-19(24)21-16-8-9-17(22-4)18(11-16)23-5/h6-11,14H,1-5H3,(H2,20,21,24)/t14-/m1/s1. The van der Waals surface area contributed by atoms with Crippen molar-refractivity contribution in [1.82, 2.24) is 5.32 Å². The van der Waals surface area contributed by atoms with Gasteiger partial charge in [-0.15, -0.1) is 0 Å². The quantitative estimate of drug-likeness (QED) is 0.789. The highest BCUT2D eigenvalue weighted by atomic mass is 32.1. The molecule has 2 rings (SSSR count). The fourth-order valence-electron chi connectivity index (χ4n) is 2.40. The van der Waals surface area contributed by atoms with Gasteiger partial charge in [0.25, 0.3) is 0 Å². The van der Waals surface area contributed by atoms with E-state index in [4.69, 9.17) is 21.7 Å². The van der Waals surface area contributed by atoms with Gasteiger partial charge in [-0.25, -0.2) is 0 Å². The normalized spacial score (nSPS) is 11.5. The van der Waals surface area contributed by atoms with Crippen molar-refractivity contribution in [3.8, 4) is 11.5 Å². The highest BCUT2D eigenvalue weighted by Crippen LogP contribution is 2.29. The van der Waals surface area contributed by atoms with E-state index in [2.05, 4.69) is 49.6 Å². The van der Waals surface area contributed by atoms with Crippen LogP contribution in [0.1, 0.15) is 29.7 Å². The molecule has 0 aliphatic rings. The van der Waals surface area contributed by atoms with Crippen LogP contribution in [0.4, 0.5) is 5.69 Å². The van der Waals surface area contributed by atoms with E-state index in [0.29, 0.717) is 16.6 Å². The SMILES string of the molecule is COc1ccc(NC(=S)N[C@H](C)c2ccc(C)c(C)c2)cc1OC. The van der Waals surface area contributed by atoms with Crippen molar-refractivity contribution in [1.29, 1.82) is 0 Å². The van der Waals surface area contributed by atoms with E-state index in [1.54, 1.807) is 14.2 Å². The summed E-state index contributed by atoms with van der Waals surface area (Å²) in [6.45, 7) is 6.32. The molecule has 0 aliphatic heterocycles. The van der Waals surface area contributed by atoms with Gasteiger partial charge >= 0.3 is 0 Å². The lowest BCUT2D eigenvalue weighted by Gasteiger charge is -2.19. The molecule has 0 heterocycles. The first-order chi connectivity index (χ1) is 11.4. The minimum atomic E-state index is 0.115. The molecule has 2 N–H and O–H groups in total. The second-order valence-electron chi connectivity index (χ2n) is 5.73. The molecule has 0 radical (unpaired) electrons. The van der Waals surface area contributed by atoms with Gasteiger partial charge in [0.2, 0.25) is 0 Å². The number of rotatable bonds is 5. The molecule has 24 heavy (non-hydrogen) atoms. The van der Waals surface area contributed by atoms with Crippen LogP contribution in [-0.4, -0.2) is 19.3 Å². The molecular formula is C19H24N2O2S. The van der Waals surface area contributed by atoms with E-state index in [9.17, 15) is 0 Å². The molecule has 0 unspecified atom stereocenters. The number of hydrogen-bond donors (Lipinski definition) is 2. The third-order valence-electron chi connectivity index (χ3n) is 4.02. The van der Waals surface area contributed by atoms with Crippen LogP contribution in [0.15, 0.2) is 36.4 Å².